The van der Waals surface area contributed by atoms with E-state index in [1.54, 1.807) is 47.2 Å². The first-order valence-electron chi connectivity index (χ1n) is 16.1. The number of fused-ring (bicyclic) bond motifs is 3. The summed E-state index contributed by atoms with van der Waals surface area (Å²) in [5, 5.41) is 14.0. The van der Waals surface area contributed by atoms with Crippen molar-refractivity contribution in [3.8, 4) is 5.69 Å². The van der Waals surface area contributed by atoms with E-state index in [1.807, 2.05) is 49.4 Å². The van der Waals surface area contributed by atoms with Crippen molar-refractivity contribution in [2.24, 2.45) is 5.92 Å². The number of amides is 2. The molecule has 2 fully saturated rings. The number of aromatic nitrogens is 2. The minimum absolute atomic E-state index is 0.0641. The van der Waals surface area contributed by atoms with Gasteiger partial charge in [0.1, 0.15) is 0 Å². The summed E-state index contributed by atoms with van der Waals surface area (Å²) in [7, 11) is -3.47. The van der Waals surface area contributed by atoms with E-state index in [2.05, 4.69) is 5.10 Å². The Hall–Kier alpha value is -3.77. The molecule has 47 heavy (non-hydrogen) atoms. The van der Waals surface area contributed by atoms with Crippen molar-refractivity contribution in [1.29, 1.82) is 0 Å². The summed E-state index contributed by atoms with van der Waals surface area (Å²) in [5.41, 5.74) is 1.14. The van der Waals surface area contributed by atoms with Gasteiger partial charge in [-0.2, -0.15) is 0 Å². The van der Waals surface area contributed by atoms with Crippen LogP contribution in [0.25, 0.3) is 16.6 Å². The number of nitrogens with one attached hydrogen (secondary N) is 1. The molecule has 0 bridgehead atoms. The third kappa shape index (κ3) is 5.15. The fraction of sp³-hybridized carbons (Fsp3) is 0.400. The van der Waals surface area contributed by atoms with Crippen molar-refractivity contribution < 1.29 is 23.5 Å². The largest absolute Gasteiger partial charge is 0.394 e. The number of carbonyl (C=O) groups is 2. The van der Waals surface area contributed by atoms with Gasteiger partial charge in [-0.25, -0.2) is 4.68 Å². The minimum atomic E-state index is -3.47. The lowest BCUT2D eigenvalue weighted by Crippen LogP contribution is -2.45. The molecule has 246 valence electrons. The van der Waals surface area contributed by atoms with Gasteiger partial charge in [0.2, 0.25) is 14.3 Å². The highest BCUT2D eigenvalue weighted by Gasteiger charge is 2.67. The zero-order valence-corrected chi connectivity index (χ0v) is 28.3. The van der Waals surface area contributed by atoms with Gasteiger partial charge in [-0.1, -0.05) is 42.8 Å². The lowest BCUT2D eigenvalue weighted by Gasteiger charge is -2.31. The van der Waals surface area contributed by atoms with Crippen LogP contribution in [0.4, 0.5) is 9.80 Å². The second-order valence-corrected chi connectivity index (χ2v) is 17.8. The number of H-pyrrole nitrogens is 1. The summed E-state index contributed by atoms with van der Waals surface area (Å²) in [6, 6.07) is 19.7. The van der Waals surface area contributed by atoms with E-state index in [0.717, 1.165) is 23.9 Å². The number of nitrogens with zero attached hydrogens (tertiary/aromatic N) is 3. The van der Waals surface area contributed by atoms with Crippen LogP contribution in [-0.4, -0.2) is 65.3 Å². The first kappa shape index (κ1) is 31.8. The SMILES string of the molecule is C[C@H]1[C@H]([Si](C)(C)F)[C@@H](CC(=O)N2CCC[C@H]2CO)O[C@]12C(=O)N(Cc1ccc(-n3[nH]c4ccccc4c3=O)cc1)c1ccc(Cl)cc12. The van der Waals surface area contributed by atoms with Gasteiger partial charge in [-0.05, 0) is 74.0 Å². The molecule has 3 aliphatic rings. The lowest BCUT2D eigenvalue weighted by atomic mass is 9.82. The van der Waals surface area contributed by atoms with Gasteiger partial charge in [0.25, 0.3) is 11.5 Å². The number of aliphatic hydroxyl groups is 1. The Morgan fingerprint density at radius 1 is 1.13 bits per heavy atom. The van der Waals surface area contributed by atoms with Crippen LogP contribution in [0.1, 0.15) is 37.3 Å². The normalized spacial score (nSPS) is 25.8. The summed E-state index contributed by atoms with van der Waals surface area (Å²) in [6.07, 6.45) is 0.646. The number of aliphatic hydroxyl groups excluding tert-OH is 1. The van der Waals surface area contributed by atoms with Crippen LogP contribution in [0.2, 0.25) is 23.7 Å². The number of aromatic amines is 1. The number of hydrogen-bond acceptors (Lipinski definition) is 5. The van der Waals surface area contributed by atoms with Gasteiger partial charge in [0.05, 0.1) is 54.0 Å². The third-order valence-corrected chi connectivity index (χ3v) is 13.0. The molecular formula is C35H38ClFN4O5Si. The maximum Gasteiger partial charge on any atom is 0.279 e. The molecule has 12 heteroatoms. The topological polar surface area (TPSA) is 108 Å². The number of halogens is 2. The van der Waals surface area contributed by atoms with Crippen molar-refractivity contribution in [2.45, 2.75) is 69.1 Å². The van der Waals surface area contributed by atoms with Crippen molar-refractivity contribution in [3.05, 3.63) is 93.2 Å². The third-order valence-electron chi connectivity index (χ3n) is 10.3. The number of hydrogen-bond donors (Lipinski definition) is 2. The summed E-state index contributed by atoms with van der Waals surface area (Å²) < 4.78 is 24.4. The zero-order valence-electron chi connectivity index (χ0n) is 26.6. The van der Waals surface area contributed by atoms with Crippen molar-refractivity contribution in [3.63, 3.8) is 0 Å². The number of benzene rings is 3. The first-order chi connectivity index (χ1) is 22.4. The number of likely N-dealkylation sites (tertiary alicyclic amines) is 1. The molecule has 3 aliphatic heterocycles. The number of rotatable bonds is 7. The summed E-state index contributed by atoms with van der Waals surface area (Å²) >= 11 is 6.51. The molecule has 1 aromatic heterocycles. The highest BCUT2D eigenvalue weighted by Crippen LogP contribution is 2.60. The molecule has 0 aliphatic carbocycles. The molecule has 2 N–H and O–H groups in total. The van der Waals surface area contributed by atoms with Crippen LogP contribution >= 0.6 is 11.6 Å². The maximum atomic E-state index is 16.2. The molecule has 0 saturated carbocycles. The summed E-state index contributed by atoms with van der Waals surface area (Å²) in [6.45, 7) is 5.70. The quantitative estimate of drug-likeness (QED) is 0.194. The predicted molar refractivity (Wildman–Crippen MR) is 181 cm³/mol. The van der Waals surface area contributed by atoms with Crippen molar-refractivity contribution in [1.82, 2.24) is 14.7 Å². The average molecular weight is 677 g/mol. The number of ether oxygens (including phenoxy) is 1. The van der Waals surface area contributed by atoms with Gasteiger partial charge >= 0.3 is 0 Å². The molecule has 5 atom stereocenters. The minimum Gasteiger partial charge on any atom is -0.394 e. The molecular weight excluding hydrogens is 639 g/mol. The molecule has 2 saturated heterocycles. The van der Waals surface area contributed by atoms with Crippen LogP contribution < -0.4 is 10.5 Å². The van der Waals surface area contributed by atoms with Gasteiger partial charge in [0.15, 0.2) is 5.60 Å². The zero-order chi connectivity index (χ0) is 33.2. The van der Waals surface area contributed by atoms with Gasteiger partial charge in [-0.3, -0.25) is 19.5 Å². The fourth-order valence-corrected chi connectivity index (χ4v) is 10.9. The van der Waals surface area contributed by atoms with E-state index in [-0.39, 0.29) is 43.0 Å². The summed E-state index contributed by atoms with van der Waals surface area (Å²) in [4.78, 5) is 44.5. The van der Waals surface area contributed by atoms with Gasteiger partial charge in [0, 0.05) is 28.6 Å². The number of para-hydroxylation sites is 1. The highest BCUT2D eigenvalue weighted by molar-refractivity contribution is 6.72. The second kappa shape index (κ2) is 11.7. The molecule has 0 radical (unpaired) electrons. The van der Waals surface area contributed by atoms with E-state index >= 15 is 4.11 Å². The Kier molecular flexibility index (Phi) is 7.94. The smallest absolute Gasteiger partial charge is 0.279 e. The molecule has 4 heterocycles. The van der Waals surface area contributed by atoms with E-state index in [1.165, 1.54) is 4.68 Å². The standard InChI is InChI=1S/C35H38ClFN4O5Si/c1-21-32(47(2,3)37)30(18-31(43)39-16-6-7-25(39)20-42)46-35(21)27-17-23(36)12-15-29(27)40(34(35)45)19-22-10-13-24(14-11-22)41-33(44)26-8-4-5-9-28(26)38-41/h4-5,8-15,17,21,25,30,32,38,42H,6-7,16,18-20H2,1-3H3/t21-,25-,30+,32-,35+/m0/s1. The predicted octanol–water partition coefficient (Wildman–Crippen LogP) is 5.67. The van der Waals surface area contributed by atoms with Gasteiger partial charge < -0.3 is 23.8 Å². The van der Waals surface area contributed by atoms with Crippen LogP contribution in [0, 0.1) is 5.92 Å². The van der Waals surface area contributed by atoms with Crippen molar-refractivity contribution >= 4 is 48.4 Å². The summed E-state index contributed by atoms with van der Waals surface area (Å²) in [5.74, 6) is -1.07. The highest BCUT2D eigenvalue weighted by atomic mass is 35.5. The molecule has 2 amide bonds. The van der Waals surface area contributed by atoms with E-state index < -0.39 is 31.6 Å². The Bertz CT molecular complexity index is 1920. The first-order valence-corrected chi connectivity index (χ1v) is 19.5. The Balaban J connectivity index is 1.21. The second-order valence-electron chi connectivity index (χ2n) is 13.6. The molecule has 9 nitrogen and oxygen atoms in total. The van der Waals surface area contributed by atoms with Crippen molar-refractivity contribution in [2.75, 3.05) is 18.1 Å². The van der Waals surface area contributed by atoms with Gasteiger partial charge in [-0.15, -0.1) is 0 Å². The molecule has 1 spiro atoms. The van der Waals surface area contributed by atoms with E-state index in [9.17, 15) is 19.5 Å². The molecule has 0 unspecified atom stereocenters. The fourth-order valence-electron chi connectivity index (χ4n) is 8.19. The molecule has 7 rings (SSSR count). The number of anilines is 1. The Morgan fingerprint density at radius 2 is 1.87 bits per heavy atom. The van der Waals surface area contributed by atoms with Crippen LogP contribution in [0.5, 0.6) is 0 Å². The molecule has 3 aromatic carbocycles. The molecule has 4 aromatic rings. The van der Waals surface area contributed by atoms with Crippen LogP contribution in [0.15, 0.2) is 71.5 Å². The number of carbonyl (C=O) groups excluding carboxylic acids is 2. The van der Waals surface area contributed by atoms with Crippen LogP contribution in [-0.2, 0) is 26.5 Å². The monoisotopic (exact) mass is 676 g/mol. The van der Waals surface area contributed by atoms with Crippen LogP contribution in [0.3, 0.4) is 0 Å². The van der Waals surface area contributed by atoms with E-state index in [4.69, 9.17) is 16.3 Å². The Labute approximate surface area is 278 Å². The Morgan fingerprint density at radius 3 is 2.57 bits per heavy atom. The maximum absolute atomic E-state index is 16.2. The lowest BCUT2D eigenvalue weighted by molar-refractivity contribution is -0.150. The van der Waals surface area contributed by atoms with E-state index in [0.29, 0.717) is 33.9 Å². The average Bonchev–Trinajstić information content (AvgIpc) is 3.78.